The van der Waals surface area contributed by atoms with Crippen LogP contribution in [0.25, 0.3) is 0 Å². The zero-order valence-electron chi connectivity index (χ0n) is 15.6. The highest BCUT2D eigenvalue weighted by Gasteiger charge is 2.47. The number of hydrogen-bond donors (Lipinski definition) is 2. The maximum atomic E-state index is 12.4. The summed E-state index contributed by atoms with van der Waals surface area (Å²) in [4.78, 5) is 26.2. The van der Waals surface area contributed by atoms with Gasteiger partial charge >= 0.3 is 12.1 Å². The number of ether oxygens (including phenoxy) is 2. The Hall–Kier alpha value is -2.12. The predicted octanol–water partition coefficient (Wildman–Crippen LogP) is 1.82. The van der Waals surface area contributed by atoms with E-state index in [0.717, 1.165) is 5.56 Å². The van der Waals surface area contributed by atoms with Gasteiger partial charge < -0.3 is 25.2 Å². The number of rotatable bonds is 4. The molecule has 7 heteroatoms. The minimum absolute atomic E-state index is 0.0266. The summed E-state index contributed by atoms with van der Waals surface area (Å²) in [5.74, 6) is -0.680. The molecule has 2 unspecified atom stereocenters. The maximum Gasteiger partial charge on any atom is 0.410 e. The zero-order valence-corrected chi connectivity index (χ0v) is 15.6. The number of likely N-dealkylation sites (tertiary alicyclic amines) is 1. The molecule has 1 fully saturated rings. The molecule has 0 saturated carbocycles. The number of piperidine rings is 1. The minimum atomic E-state index is -1.65. The van der Waals surface area contributed by atoms with Crippen LogP contribution in [0.1, 0.15) is 39.2 Å². The lowest BCUT2D eigenvalue weighted by Gasteiger charge is -2.42. The third kappa shape index (κ3) is 5.19. The summed E-state index contributed by atoms with van der Waals surface area (Å²) in [6.07, 6.45) is -0.395. The SMILES string of the molecule is CC(C)(C)OC(=O)C1(O)CCN(C(=O)OCc2ccccc2)C(CN)C1. The van der Waals surface area contributed by atoms with Crippen molar-refractivity contribution in [1.82, 2.24) is 4.90 Å². The van der Waals surface area contributed by atoms with E-state index in [-0.39, 0.29) is 32.5 Å². The number of esters is 1. The van der Waals surface area contributed by atoms with Crippen LogP contribution in [0.3, 0.4) is 0 Å². The van der Waals surface area contributed by atoms with Gasteiger partial charge in [0, 0.05) is 25.9 Å². The molecule has 1 aliphatic rings. The van der Waals surface area contributed by atoms with Gasteiger partial charge in [0.2, 0.25) is 0 Å². The first-order chi connectivity index (χ1) is 12.1. The molecule has 1 aromatic carbocycles. The number of aliphatic hydroxyl groups is 1. The number of carbonyl (C=O) groups excluding carboxylic acids is 2. The molecule has 2 rings (SSSR count). The van der Waals surface area contributed by atoms with Crippen LogP contribution in [0, 0.1) is 0 Å². The molecule has 7 nitrogen and oxygen atoms in total. The highest BCUT2D eigenvalue weighted by Crippen LogP contribution is 2.30. The fourth-order valence-corrected chi connectivity index (χ4v) is 2.90. The van der Waals surface area contributed by atoms with Crippen molar-refractivity contribution in [2.45, 2.75) is 57.5 Å². The second kappa shape index (κ2) is 8.05. The number of hydrogen-bond acceptors (Lipinski definition) is 6. The summed E-state index contributed by atoms with van der Waals surface area (Å²) in [6.45, 7) is 5.67. The summed E-state index contributed by atoms with van der Waals surface area (Å²) in [5.41, 5.74) is 4.31. The number of nitrogens with zero attached hydrogens (tertiary/aromatic N) is 1. The van der Waals surface area contributed by atoms with Crippen LogP contribution in [0.4, 0.5) is 4.79 Å². The average molecular weight is 364 g/mol. The van der Waals surface area contributed by atoms with Crippen LogP contribution in [0.5, 0.6) is 0 Å². The third-order valence-electron chi connectivity index (χ3n) is 4.27. The number of benzene rings is 1. The van der Waals surface area contributed by atoms with Gasteiger partial charge in [-0.15, -0.1) is 0 Å². The quantitative estimate of drug-likeness (QED) is 0.790. The van der Waals surface area contributed by atoms with Crippen molar-refractivity contribution in [3.8, 4) is 0 Å². The number of nitrogens with two attached hydrogens (primary N) is 1. The monoisotopic (exact) mass is 364 g/mol. The normalized spacial score (nSPS) is 23.4. The van der Waals surface area contributed by atoms with Gasteiger partial charge in [0.1, 0.15) is 12.2 Å². The van der Waals surface area contributed by atoms with Gasteiger partial charge in [0.05, 0.1) is 6.04 Å². The Morgan fingerprint density at radius 3 is 2.54 bits per heavy atom. The topological polar surface area (TPSA) is 102 Å². The maximum absolute atomic E-state index is 12.4. The van der Waals surface area contributed by atoms with E-state index < -0.39 is 29.3 Å². The second-order valence-electron chi connectivity index (χ2n) is 7.61. The van der Waals surface area contributed by atoms with Crippen molar-refractivity contribution in [1.29, 1.82) is 0 Å². The van der Waals surface area contributed by atoms with E-state index in [9.17, 15) is 14.7 Å². The summed E-state index contributed by atoms with van der Waals surface area (Å²) >= 11 is 0. The first-order valence-corrected chi connectivity index (χ1v) is 8.78. The lowest BCUT2D eigenvalue weighted by molar-refractivity contribution is -0.183. The van der Waals surface area contributed by atoms with Gasteiger partial charge in [0.25, 0.3) is 0 Å². The molecule has 1 saturated heterocycles. The summed E-state index contributed by atoms with van der Waals surface area (Å²) in [5, 5.41) is 10.7. The van der Waals surface area contributed by atoms with E-state index in [2.05, 4.69) is 0 Å². The molecule has 0 radical (unpaired) electrons. The molecular formula is C19H28N2O5. The number of carbonyl (C=O) groups is 2. The van der Waals surface area contributed by atoms with E-state index in [1.807, 2.05) is 30.3 Å². The minimum Gasteiger partial charge on any atom is -0.458 e. The lowest BCUT2D eigenvalue weighted by Crippen LogP contribution is -2.59. The highest BCUT2D eigenvalue weighted by atomic mass is 16.6. The Kier molecular flexibility index (Phi) is 6.26. The van der Waals surface area contributed by atoms with Crippen LogP contribution >= 0.6 is 0 Å². The second-order valence-corrected chi connectivity index (χ2v) is 7.61. The van der Waals surface area contributed by atoms with Gasteiger partial charge in [-0.3, -0.25) is 0 Å². The fourth-order valence-electron chi connectivity index (χ4n) is 2.90. The van der Waals surface area contributed by atoms with Crippen LogP contribution in [0.15, 0.2) is 30.3 Å². The van der Waals surface area contributed by atoms with E-state index >= 15 is 0 Å². The van der Waals surface area contributed by atoms with Crippen molar-refractivity contribution >= 4 is 12.1 Å². The van der Waals surface area contributed by atoms with Crippen LogP contribution in [-0.2, 0) is 20.9 Å². The van der Waals surface area contributed by atoms with Crippen molar-refractivity contribution in [2.75, 3.05) is 13.1 Å². The summed E-state index contributed by atoms with van der Waals surface area (Å²) in [6, 6.07) is 8.86. The molecule has 1 aromatic rings. The summed E-state index contributed by atoms with van der Waals surface area (Å²) in [7, 11) is 0. The Morgan fingerprint density at radius 1 is 1.31 bits per heavy atom. The fraction of sp³-hybridized carbons (Fsp3) is 0.579. The van der Waals surface area contributed by atoms with Gasteiger partial charge in [0.15, 0.2) is 5.60 Å². The summed E-state index contributed by atoms with van der Waals surface area (Å²) < 4.78 is 10.7. The van der Waals surface area contributed by atoms with E-state index in [1.165, 1.54) is 4.90 Å². The first kappa shape index (κ1) is 20.2. The molecule has 26 heavy (non-hydrogen) atoms. The van der Waals surface area contributed by atoms with Gasteiger partial charge in [-0.1, -0.05) is 30.3 Å². The molecular weight excluding hydrogens is 336 g/mol. The standard InChI is InChI=1S/C19H28N2O5/c1-18(2,3)26-16(22)19(24)9-10-21(15(11-19)12-20)17(23)25-13-14-7-5-4-6-8-14/h4-8,15,24H,9-13,20H2,1-3H3. The smallest absolute Gasteiger partial charge is 0.410 e. The van der Waals surface area contributed by atoms with Crippen molar-refractivity contribution in [3.63, 3.8) is 0 Å². The van der Waals surface area contributed by atoms with Crippen molar-refractivity contribution < 1.29 is 24.2 Å². The van der Waals surface area contributed by atoms with Crippen molar-refractivity contribution in [3.05, 3.63) is 35.9 Å². The molecule has 0 bridgehead atoms. The predicted molar refractivity (Wildman–Crippen MR) is 96.2 cm³/mol. The largest absolute Gasteiger partial charge is 0.458 e. The van der Waals surface area contributed by atoms with Gasteiger partial charge in [-0.05, 0) is 26.3 Å². The first-order valence-electron chi connectivity index (χ1n) is 8.78. The molecule has 144 valence electrons. The Bertz CT molecular complexity index is 629. The molecule has 2 atom stereocenters. The molecule has 3 N–H and O–H groups in total. The highest BCUT2D eigenvalue weighted by molar-refractivity contribution is 5.80. The van der Waals surface area contributed by atoms with Crippen LogP contribution in [0.2, 0.25) is 0 Å². The molecule has 0 aliphatic carbocycles. The Morgan fingerprint density at radius 2 is 1.96 bits per heavy atom. The molecule has 0 spiro atoms. The Labute approximate surface area is 154 Å². The average Bonchev–Trinajstić information content (AvgIpc) is 2.59. The zero-order chi connectivity index (χ0) is 19.4. The van der Waals surface area contributed by atoms with Crippen LogP contribution in [-0.4, -0.2) is 52.4 Å². The van der Waals surface area contributed by atoms with Gasteiger partial charge in [-0.25, -0.2) is 9.59 Å². The van der Waals surface area contributed by atoms with Crippen molar-refractivity contribution in [2.24, 2.45) is 5.73 Å². The molecule has 1 amide bonds. The van der Waals surface area contributed by atoms with E-state index in [0.29, 0.717) is 0 Å². The molecule has 0 aromatic heterocycles. The molecule has 1 aliphatic heterocycles. The van der Waals surface area contributed by atoms with E-state index in [4.69, 9.17) is 15.2 Å². The third-order valence-corrected chi connectivity index (χ3v) is 4.27. The molecule has 1 heterocycles. The Balaban J connectivity index is 1.98. The van der Waals surface area contributed by atoms with Crippen LogP contribution < -0.4 is 5.73 Å². The number of amides is 1. The lowest BCUT2D eigenvalue weighted by atomic mass is 9.86. The van der Waals surface area contributed by atoms with E-state index in [1.54, 1.807) is 20.8 Å². The van der Waals surface area contributed by atoms with Gasteiger partial charge in [-0.2, -0.15) is 0 Å².